The minimum atomic E-state index is -3.42. The maximum absolute atomic E-state index is 12.0. The molecule has 0 spiro atoms. The number of sulfonamides is 1. The fourth-order valence-corrected chi connectivity index (χ4v) is 2.93. The maximum atomic E-state index is 12.0. The molecular weight excluding hydrogens is 312 g/mol. The van der Waals surface area contributed by atoms with Crippen LogP contribution in [-0.2, 0) is 21.2 Å². The molecule has 5 nitrogen and oxygen atoms in total. The van der Waals surface area contributed by atoms with Crippen molar-refractivity contribution in [2.45, 2.75) is 38.8 Å². The molecule has 0 radical (unpaired) electrons. The van der Waals surface area contributed by atoms with Crippen LogP contribution in [0.5, 0.6) is 0 Å². The van der Waals surface area contributed by atoms with Gasteiger partial charge in [0.2, 0.25) is 15.9 Å². The topological polar surface area (TPSA) is 75.3 Å². The zero-order chi connectivity index (χ0) is 16.3. The molecule has 7 heteroatoms. The Morgan fingerprint density at radius 2 is 1.90 bits per heavy atom. The van der Waals surface area contributed by atoms with Gasteiger partial charge in [-0.15, -0.1) is 0 Å². The van der Waals surface area contributed by atoms with Gasteiger partial charge in [0.25, 0.3) is 0 Å². The summed E-state index contributed by atoms with van der Waals surface area (Å²) in [6, 6.07) is 6.59. The fourth-order valence-electron chi connectivity index (χ4n) is 1.98. The van der Waals surface area contributed by atoms with E-state index in [-0.39, 0.29) is 5.91 Å². The number of amides is 1. The molecule has 1 aromatic carbocycles. The quantitative estimate of drug-likeness (QED) is 0.832. The second kappa shape index (κ2) is 6.77. The summed E-state index contributed by atoms with van der Waals surface area (Å²) in [5.74, 6) is -0.377. The summed E-state index contributed by atoms with van der Waals surface area (Å²) < 4.78 is 24.5. The van der Waals surface area contributed by atoms with Crippen LogP contribution in [0.15, 0.2) is 24.3 Å². The molecule has 0 heterocycles. The normalized spacial score (nSPS) is 13.8. The Balaban J connectivity index is 2.72. The summed E-state index contributed by atoms with van der Waals surface area (Å²) in [5, 5.41) is 3.47. The lowest BCUT2D eigenvalue weighted by Crippen LogP contribution is -2.52. The van der Waals surface area contributed by atoms with Gasteiger partial charge in [-0.1, -0.05) is 29.8 Å². The van der Waals surface area contributed by atoms with Gasteiger partial charge in [-0.05, 0) is 38.8 Å². The van der Waals surface area contributed by atoms with Crippen LogP contribution in [0.25, 0.3) is 0 Å². The van der Waals surface area contributed by atoms with E-state index in [1.807, 2.05) is 32.0 Å². The Labute approximate surface area is 131 Å². The predicted octanol–water partition coefficient (Wildman–Crippen LogP) is 1.72. The molecule has 0 saturated carbocycles. The third-order valence-corrected chi connectivity index (χ3v) is 3.99. The first-order valence-electron chi connectivity index (χ1n) is 6.53. The Morgan fingerprint density at radius 1 is 1.33 bits per heavy atom. The number of carbonyl (C=O) groups excluding carboxylic acids is 1. The summed E-state index contributed by atoms with van der Waals surface area (Å²) >= 11 is 6.11. The monoisotopic (exact) mass is 332 g/mol. The van der Waals surface area contributed by atoms with Crippen LogP contribution >= 0.6 is 11.6 Å². The first kappa shape index (κ1) is 17.9. The number of hydrogen-bond acceptors (Lipinski definition) is 3. The molecule has 21 heavy (non-hydrogen) atoms. The van der Waals surface area contributed by atoms with E-state index in [0.717, 1.165) is 11.8 Å². The van der Waals surface area contributed by atoms with Gasteiger partial charge < -0.3 is 5.32 Å². The van der Waals surface area contributed by atoms with E-state index in [1.54, 1.807) is 6.07 Å². The van der Waals surface area contributed by atoms with E-state index in [2.05, 4.69) is 10.0 Å². The van der Waals surface area contributed by atoms with Crippen LogP contribution in [-0.4, -0.2) is 32.2 Å². The molecule has 1 aromatic rings. The Kier molecular flexibility index (Phi) is 5.78. The Hall–Kier alpha value is -1.11. The standard InChI is InChI=1S/C14H21ClN2O3S/c1-10(17-21(4,19)20)13(18)16-14(2,3)9-11-7-5-6-8-12(11)15/h5-8,10,17H,9H2,1-4H3,(H,16,18)/t10-/m0/s1. The smallest absolute Gasteiger partial charge is 0.238 e. The van der Waals surface area contributed by atoms with Crippen molar-refractivity contribution in [3.8, 4) is 0 Å². The van der Waals surface area contributed by atoms with Crippen LogP contribution in [0.2, 0.25) is 5.02 Å². The van der Waals surface area contributed by atoms with E-state index < -0.39 is 21.6 Å². The van der Waals surface area contributed by atoms with Gasteiger partial charge in [-0.3, -0.25) is 4.79 Å². The lowest BCUT2D eigenvalue weighted by molar-refractivity contribution is -0.123. The van der Waals surface area contributed by atoms with Crippen molar-refractivity contribution in [3.05, 3.63) is 34.9 Å². The van der Waals surface area contributed by atoms with Gasteiger partial charge in [0.15, 0.2) is 0 Å². The maximum Gasteiger partial charge on any atom is 0.238 e. The van der Waals surface area contributed by atoms with Crippen LogP contribution in [0, 0.1) is 0 Å². The second-order valence-electron chi connectivity index (χ2n) is 5.75. The van der Waals surface area contributed by atoms with E-state index >= 15 is 0 Å². The van der Waals surface area contributed by atoms with Gasteiger partial charge in [-0.25, -0.2) is 13.1 Å². The minimum absolute atomic E-state index is 0.377. The molecule has 1 rings (SSSR count). The van der Waals surface area contributed by atoms with Crippen molar-refractivity contribution in [1.82, 2.24) is 10.0 Å². The van der Waals surface area contributed by atoms with E-state index in [0.29, 0.717) is 11.4 Å². The fraction of sp³-hybridized carbons (Fsp3) is 0.500. The highest BCUT2D eigenvalue weighted by atomic mass is 35.5. The van der Waals surface area contributed by atoms with Gasteiger partial charge in [0, 0.05) is 10.6 Å². The van der Waals surface area contributed by atoms with Crippen molar-refractivity contribution >= 4 is 27.5 Å². The SMILES string of the molecule is C[C@H](NS(C)(=O)=O)C(=O)NC(C)(C)Cc1ccccc1Cl. The average molecular weight is 333 g/mol. The number of rotatable bonds is 6. The molecule has 0 aliphatic rings. The molecule has 0 aliphatic carbocycles. The number of nitrogens with one attached hydrogen (secondary N) is 2. The molecule has 2 N–H and O–H groups in total. The van der Waals surface area contributed by atoms with E-state index in [1.165, 1.54) is 6.92 Å². The van der Waals surface area contributed by atoms with E-state index in [9.17, 15) is 13.2 Å². The molecular formula is C14H21ClN2O3S. The van der Waals surface area contributed by atoms with Crippen molar-refractivity contribution in [2.24, 2.45) is 0 Å². The highest BCUT2D eigenvalue weighted by Crippen LogP contribution is 2.20. The third-order valence-electron chi connectivity index (χ3n) is 2.84. The average Bonchev–Trinajstić information content (AvgIpc) is 2.29. The van der Waals surface area contributed by atoms with Gasteiger partial charge >= 0.3 is 0 Å². The first-order valence-corrected chi connectivity index (χ1v) is 8.80. The molecule has 0 fully saturated rings. The predicted molar refractivity (Wildman–Crippen MR) is 84.8 cm³/mol. The van der Waals surface area contributed by atoms with Crippen molar-refractivity contribution in [3.63, 3.8) is 0 Å². The summed E-state index contributed by atoms with van der Waals surface area (Å²) in [4.78, 5) is 12.0. The molecule has 0 aliphatic heterocycles. The number of hydrogen-bond donors (Lipinski definition) is 2. The van der Waals surface area contributed by atoms with Crippen LogP contribution in [0.1, 0.15) is 26.3 Å². The Morgan fingerprint density at radius 3 is 2.43 bits per heavy atom. The lowest BCUT2D eigenvalue weighted by Gasteiger charge is -2.28. The van der Waals surface area contributed by atoms with Gasteiger partial charge in [-0.2, -0.15) is 0 Å². The number of benzene rings is 1. The molecule has 1 atom stereocenters. The van der Waals surface area contributed by atoms with Crippen LogP contribution < -0.4 is 10.0 Å². The summed E-state index contributed by atoms with van der Waals surface area (Å²) in [5.41, 5.74) is 0.378. The zero-order valence-corrected chi connectivity index (χ0v) is 14.2. The van der Waals surface area contributed by atoms with Crippen LogP contribution in [0.4, 0.5) is 0 Å². The number of halogens is 1. The first-order chi connectivity index (χ1) is 9.50. The summed E-state index contributed by atoms with van der Waals surface area (Å²) in [6.45, 7) is 5.23. The molecule has 0 saturated heterocycles. The molecule has 0 aromatic heterocycles. The number of carbonyl (C=O) groups is 1. The summed E-state index contributed by atoms with van der Waals surface area (Å²) in [6.07, 6.45) is 1.57. The molecule has 118 valence electrons. The molecule has 1 amide bonds. The zero-order valence-electron chi connectivity index (χ0n) is 12.6. The lowest BCUT2D eigenvalue weighted by atomic mass is 9.94. The summed E-state index contributed by atoms with van der Waals surface area (Å²) in [7, 11) is -3.42. The van der Waals surface area contributed by atoms with Crippen molar-refractivity contribution < 1.29 is 13.2 Å². The van der Waals surface area contributed by atoms with Crippen molar-refractivity contribution in [1.29, 1.82) is 0 Å². The highest BCUT2D eigenvalue weighted by Gasteiger charge is 2.25. The highest BCUT2D eigenvalue weighted by molar-refractivity contribution is 7.88. The molecule has 0 bridgehead atoms. The van der Waals surface area contributed by atoms with Crippen molar-refractivity contribution in [2.75, 3.05) is 6.26 Å². The third kappa shape index (κ3) is 6.46. The largest absolute Gasteiger partial charge is 0.350 e. The van der Waals surface area contributed by atoms with Crippen LogP contribution in [0.3, 0.4) is 0 Å². The van der Waals surface area contributed by atoms with E-state index in [4.69, 9.17) is 11.6 Å². The second-order valence-corrected chi connectivity index (χ2v) is 7.94. The molecule has 0 unspecified atom stereocenters. The van der Waals surface area contributed by atoms with Gasteiger partial charge in [0.1, 0.15) is 0 Å². The minimum Gasteiger partial charge on any atom is -0.350 e. The Bertz CT molecular complexity index is 614. The van der Waals surface area contributed by atoms with Gasteiger partial charge in [0.05, 0.1) is 12.3 Å².